The van der Waals surface area contributed by atoms with Crippen molar-refractivity contribution < 1.29 is 18.7 Å². The van der Waals surface area contributed by atoms with E-state index < -0.39 is 17.3 Å². The van der Waals surface area contributed by atoms with Crippen LogP contribution in [0.25, 0.3) is 0 Å². The molecule has 1 aromatic carbocycles. The van der Waals surface area contributed by atoms with E-state index in [2.05, 4.69) is 10.1 Å². The number of carbonyl (C=O) groups excluding carboxylic acids is 2. The molecule has 3 N–H and O–H groups in total. The van der Waals surface area contributed by atoms with Gasteiger partial charge in [0.15, 0.2) is 0 Å². The Morgan fingerprint density at radius 3 is 2.70 bits per heavy atom. The van der Waals surface area contributed by atoms with Crippen LogP contribution in [0.5, 0.6) is 0 Å². The van der Waals surface area contributed by atoms with E-state index in [1.165, 1.54) is 13.2 Å². The molecule has 1 saturated carbocycles. The van der Waals surface area contributed by atoms with Gasteiger partial charge >= 0.3 is 5.97 Å². The number of ether oxygens (including phenoxy) is 1. The molecule has 20 heavy (non-hydrogen) atoms. The third-order valence-electron chi connectivity index (χ3n) is 3.52. The van der Waals surface area contributed by atoms with Crippen molar-refractivity contribution in [3.05, 3.63) is 29.6 Å². The molecule has 0 radical (unpaired) electrons. The van der Waals surface area contributed by atoms with Crippen molar-refractivity contribution in [2.45, 2.75) is 31.2 Å². The first-order chi connectivity index (χ1) is 9.43. The van der Waals surface area contributed by atoms with Crippen molar-refractivity contribution >= 4 is 17.6 Å². The maximum Gasteiger partial charge on any atom is 0.339 e. The highest BCUT2D eigenvalue weighted by Crippen LogP contribution is 2.32. The van der Waals surface area contributed by atoms with Gasteiger partial charge in [-0.2, -0.15) is 0 Å². The Morgan fingerprint density at radius 2 is 2.15 bits per heavy atom. The van der Waals surface area contributed by atoms with Crippen molar-refractivity contribution in [2.75, 3.05) is 12.4 Å². The van der Waals surface area contributed by atoms with Gasteiger partial charge in [0, 0.05) is 12.0 Å². The summed E-state index contributed by atoms with van der Waals surface area (Å²) < 4.78 is 17.8. The number of anilines is 1. The second kappa shape index (κ2) is 5.58. The van der Waals surface area contributed by atoms with Gasteiger partial charge in [-0.15, -0.1) is 0 Å². The zero-order chi connectivity index (χ0) is 14.8. The molecule has 0 unspecified atom stereocenters. The van der Waals surface area contributed by atoms with Crippen molar-refractivity contribution in [3.8, 4) is 0 Å². The molecule has 0 bridgehead atoms. The van der Waals surface area contributed by atoms with Gasteiger partial charge in [0.05, 0.1) is 18.4 Å². The summed E-state index contributed by atoms with van der Waals surface area (Å²) in [7, 11) is 1.22. The highest BCUT2D eigenvalue weighted by atomic mass is 19.1. The predicted octanol–water partition coefficient (Wildman–Crippen LogP) is 1.82. The minimum absolute atomic E-state index is 0.102. The summed E-state index contributed by atoms with van der Waals surface area (Å²) in [6, 6.07) is 3.50. The fraction of sp³-hybridized carbons (Fsp3) is 0.429. The van der Waals surface area contributed by atoms with Crippen molar-refractivity contribution in [1.29, 1.82) is 0 Å². The van der Waals surface area contributed by atoms with Crippen molar-refractivity contribution in [1.82, 2.24) is 0 Å². The first-order valence-corrected chi connectivity index (χ1v) is 6.40. The normalized spacial score (nSPS) is 16.1. The molecule has 6 heteroatoms. The molecule has 5 nitrogen and oxygen atoms in total. The number of hydrogen-bond donors (Lipinski definition) is 2. The van der Waals surface area contributed by atoms with Gasteiger partial charge in [0.2, 0.25) is 5.91 Å². The van der Waals surface area contributed by atoms with E-state index in [4.69, 9.17) is 5.73 Å². The summed E-state index contributed by atoms with van der Waals surface area (Å²) in [5.74, 6) is -1.51. The van der Waals surface area contributed by atoms with E-state index in [1.54, 1.807) is 0 Å². The molecule has 0 atom stereocenters. The molecule has 0 aromatic heterocycles. The molecule has 0 aliphatic heterocycles. The Hall–Kier alpha value is -1.95. The molecule has 1 aliphatic rings. The average Bonchev–Trinajstić information content (AvgIpc) is 2.36. The van der Waals surface area contributed by atoms with E-state index >= 15 is 0 Å². The van der Waals surface area contributed by atoms with E-state index in [1.807, 2.05) is 0 Å². The van der Waals surface area contributed by atoms with Crippen molar-refractivity contribution in [3.63, 3.8) is 0 Å². The monoisotopic (exact) mass is 280 g/mol. The van der Waals surface area contributed by atoms with E-state index in [0.29, 0.717) is 0 Å². The van der Waals surface area contributed by atoms with Crippen LogP contribution >= 0.6 is 0 Å². The van der Waals surface area contributed by atoms with Gasteiger partial charge in [-0.05, 0) is 37.5 Å². The number of methoxy groups -OCH3 is 1. The summed E-state index contributed by atoms with van der Waals surface area (Å²) in [5.41, 5.74) is 5.73. The Balaban J connectivity index is 2.13. The van der Waals surface area contributed by atoms with Gasteiger partial charge in [-0.25, -0.2) is 9.18 Å². The number of carbonyl (C=O) groups is 2. The smallest absolute Gasteiger partial charge is 0.339 e. The summed E-state index contributed by atoms with van der Waals surface area (Å²) in [6.07, 6.45) is 2.77. The van der Waals surface area contributed by atoms with Crippen LogP contribution in [0, 0.1) is 5.82 Å². The second-order valence-corrected chi connectivity index (χ2v) is 5.12. The molecule has 0 saturated heterocycles. The minimum atomic E-state index is -0.633. The second-order valence-electron chi connectivity index (χ2n) is 5.12. The number of halogens is 1. The Labute approximate surface area is 116 Å². The molecule has 1 aliphatic carbocycles. The lowest BCUT2D eigenvalue weighted by atomic mass is 9.75. The highest BCUT2D eigenvalue weighted by molar-refractivity contribution is 6.01. The van der Waals surface area contributed by atoms with Gasteiger partial charge < -0.3 is 15.8 Å². The Morgan fingerprint density at radius 1 is 1.45 bits per heavy atom. The molecule has 0 heterocycles. The maximum atomic E-state index is 13.3. The number of nitrogens with two attached hydrogens (primary N) is 1. The van der Waals surface area contributed by atoms with Crippen molar-refractivity contribution in [2.24, 2.45) is 5.73 Å². The third-order valence-corrected chi connectivity index (χ3v) is 3.52. The standard InChI is InChI=1S/C14H17FN2O3/c1-20-13(19)10-4-3-9(15)7-11(10)17-12(18)8-14(16)5-2-6-14/h3-4,7H,2,5-6,8,16H2,1H3,(H,17,18). The number of nitrogens with one attached hydrogen (secondary N) is 1. The average molecular weight is 280 g/mol. The Kier molecular flexibility index (Phi) is 4.04. The first kappa shape index (κ1) is 14.5. The van der Waals surface area contributed by atoms with Crippen LogP contribution < -0.4 is 11.1 Å². The van der Waals surface area contributed by atoms with Crippen LogP contribution in [0.4, 0.5) is 10.1 Å². The van der Waals surface area contributed by atoms with Crippen LogP contribution in [0.3, 0.4) is 0 Å². The van der Waals surface area contributed by atoms with Gasteiger partial charge in [-0.1, -0.05) is 0 Å². The van der Waals surface area contributed by atoms with Crippen LogP contribution in [0.2, 0.25) is 0 Å². The van der Waals surface area contributed by atoms with Gasteiger partial charge in [0.25, 0.3) is 0 Å². The molecular weight excluding hydrogens is 263 g/mol. The summed E-state index contributed by atoms with van der Waals surface area (Å²) in [5, 5.41) is 2.53. The zero-order valence-electron chi connectivity index (χ0n) is 11.2. The van der Waals surface area contributed by atoms with Gasteiger partial charge in [0.1, 0.15) is 5.82 Å². The maximum absolute atomic E-state index is 13.3. The predicted molar refractivity (Wildman–Crippen MR) is 71.8 cm³/mol. The molecule has 0 spiro atoms. The van der Waals surface area contributed by atoms with E-state index in [-0.39, 0.29) is 23.6 Å². The number of esters is 1. The summed E-state index contributed by atoms with van der Waals surface area (Å²) >= 11 is 0. The topological polar surface area (TPSA) is 81.4 Å². The van der Waals surface area contributed by atoms with Gasteiger partial charge in [-0.3, -0.25) is 4.79 Å². The number of benzene rings is 1. The molecule has 1 aromatic rings. The first-order valence-electron chi connectivity index (χ1n) is 6.40. The third kappa shape index (κ3) is 3.14. The fourth-order valence-corrected chi connectivity index (χ4v) is 2.23. The minimum Gasteiger partial charge on any atom is -0.465 e. The molecule has 1 fully saturated rings. The largest absolute Gasteiger partial charge is 0.465 e. The lowest BCUT2D eigenvalue weighted by Gasteiger charge is -2.37. The lowest BCUT2D eigenvalue weighted by molar-refractivity contribution is -0.118. The zero-order valence-corrected chi connectivity index (χ0v) is 11.2. The SMILES string of the molecule is COC(=O)c1ccc(F)cc1NC(=O)CC1(N)CCC1. The summed E-state index contributed by atoms with van der Waals surface area (Å²) in [4.78, 5) is 23.5. The fourth-order valence-electron chi connectivity index (χ4n) is 2.23. The molecule has 1 amide bonds. The van der Waals surface area contributed by atoms with Crippen LogP contribution in [-0.2, 0) is 9.53 Å². The van der Waals surface area contributed by atoms with E-state index in [0.717, 1.165) is 31.4 Å². The lowest BCUT2D eigenvalue weighted by Crippen LogP contribution is -2.49. The van der Waals surface area contributed by atoms with Crippen LogP contribution in [0.15, 0.2) is 18.2 Å². The quantitative estimate of drug-likeness (QED) is 0.824. The number of rotatable bonds is 4. The highest BCUT2D eigenvalue weighted by Gasteiger charge is 2.34. The molecule has 108 valence electrons. The van der Waals surface area contributed by atoms with E-state index in [9.17, 15) is 14.0 Å². The number of amides is 1. The molecular formula is C14H17FN2O3. The van der Waals surface area contributed by atoms with Crippen LogP contribution in [-0.4, -0.2) is 24.5 Å². The number of hydrogen-bond acceptors (Lipinski definition) is 4. The Bertz CT molecular complexity index is 541. The van der Waals surface area contributed by atoms with Crippen LogP contribution in [0.1, 0.15) is 36.0 Å². The summed E-state index contributed by atoms with van der Waals surface area (Å²) in [6.45, 7) is 0. The molecule has 2 rings (SSSR count).